The molecule has 0 aliphatic carbocycles. The quantitative estimate of drug-likeness (QED) is 0.701. The highest BCUT2D eigenvalue weighted by atomic mass is 32.2. The van der Waals surface area contributed by atoms with E-state index in [0.29, 0.717) is 5.56 Å². The number of hydrogen-bond acceptors (Lipinski definition) is 4. The van der Waals surface area contributed by atoms with Crippen molar-refractivity contribution in [3.05, 3.63) is 59.4 Å². The summed E-state index contributed by atoms with van der Waals surface area (Å²) in [6.45, 7) is 0.620. The topological polar surface area (TPSA) is 78.4 Å². The number of benzene rings is 2. The Morgan fingerprint density at radius 1 is 1.24 bits per heavy atom. The summed E-state index contributed by atoms with van der Waals surface area (Å²) in [5.41, 5.74) is 2.41. The number of fused-ring (bicyclic) bond motifs is 1. The van der Waals surface area contributed by atoms with E-state index in [-0.39, 0.29) is 30.3 Å². The van der Waals surface area contributed by atoms with Gasteiger partial charge in [0.05, 0.1) is 4.90 Å². The monoisotopic (exact) mass is 364 g/mol. The lowest BCUT2D eigenvalue weighted by Crippen LogP contribution is -2.32. The Balaban J connectivity index is 1.67. The van der Waals surface area contributed by atoms with Crippen LogP contribution in [0, 0.1) is 11.7 Å². The minimum atomic E-state index is -3.67. The van der Waals surface area contributed by atoms with Gasteiger partial charge in [0.2, 0.25) is 10.0 Å². The van der Waals surface area contributed by atoms with Gasteiger partial charge >= 0.3 is 0 Å². The van der Waals surface area contributed by atoms with Gasteiger partial charge < -0.3 is 10.4 Å². The molecule has 2 aromatic carbocycles. The van der Waals surface area contributed by atoms with Crippen molar-refractivity contribution in [2.45, 2.75) is 17.7 Å². The van der Waals surface area contributed by atoms with E-state index in [1.54, 1.807) is 36.4 Å². The van der Waals surface area contributed by atoms with Crippen molar-refractivity contribution in [3.8, 4) is 0 Å². The maximum absolute atomic E-state index is 13.7. The fourth-order valence-electron chi connectivity index (χ4n) is 2.94. The second-order valence-electron chi connectivity index (χ2n) is 6.19. The Bertz CT molecular complexity index is 855. The van der Waals surface area contributed by atoms with Crippen molar-refractivity contribution in [1.82, 2.24) is 4.72 Å². The van der Waals surface area contributed by atoms with Crippen LogP contribution >= 0.6 is 0 Å². The van der Waals surface area contributed by atoms with Crippen LogP contribution in [0.15, 0.2) is 47.4 Å². The van der Waals surface area contributed by atoms with Gasteiger partial charge in [-0.25, -0.2) is 17.5 Å². The van der Waals surface area contributed by atoms with Crippen molar-refractivity contribution in [2.24, 2.45) is 5.92 Å². The maximum Gasteiger partial charge on any atom is 0.240 e. The summed E-state index contributed by atoms with van der Waals surface area (Å²) in [6.07, 6.45) is 1.06. The predicted octanol–water partition coefficient (Wildman–Crippen LogP) is 1.92. The molecule has 7 heteroatoms. The van der Waals surface area contributed by atoms with E-state index >= 15 is 0 Å². The van der Waals surface area contributed by atoms with Crippen molar-refractivity contribution >= 4 is 15.7 Å². The first-order valence-corrected chi connectivity index (χ1v) is 9.68. The maximum atomic E-state index is 13.7. The normalized spacial score (nSPS) is 14.8. The van der Waals surface area contributed by atoms with Gasteiger partial charge in [-0.15, -0.1) is 0 Å². The fourth-order valence-corrected chi connectivity index (χ4v) is 4.10. The molecular weight excluding hydrogens is 343 g/mol. The molecule has 0 saturated heterocycles. The first-order chi connectivity index (χ1) is 12.0. The molecule has 0 radical (unpaired) electrons. The molecule has 2 aromatic rings. The SMILES string of the molecule is O=S(=O)(NCC(CO)Cc1ccccc1F)c1ccc2c(c1)CCN2. The van der Waals surface area contributed by atoms with Crippen LogP contribution in [0.1, 0.15) is 11.1 Å². The molecule has 3 N–H and O–H groups in total. The van der Waals surface area contributed by atoms with Gasteiger partial charge in [0.1, 0.15) is 5.82 Å². The molecule has 1 unspecified atom stereocenters. The third-order valence-corrected chi connectivity index (χ3v) is 5.80. The number of rotatable bonds is 7. The van der Waals surface area contributed by atoms with Crippen LogP contribution in [0.25, 0.3) is 0 Å². The molecule has 0 bridgehead atoms. The molecule has 0 aromatic heterocycles. The van der Waals surface area contributed by atoms with E-state index in [4.69, 9.17) is 0 Å². The number of aliphatic hydroxyl groups excluding tert-OH is 1. The van der Waals surface area contributed by atoms with Crippen LogP contribution in [0.4, 0.5) is 10.1 Å². The summed E-state index contributed by atoms with van der Waals surface area (Å²) < 4.78 is 41.2. The lowest BCUT2D eigenvalue weighted by Gasteiger charge is -2.16. The molecule has 0 saturated carbocycles. The Labute approximate surface area is 146 Å². The molecule has 1 heterocycles. The van der Waals surface area contributed by atoms with Crippen LogP contribution in [0.2, 0.25) is 0 Å². The lowest BCUT2D eigenvalue weighted by atomic mass is 10.00. The molecular formula is C18H21FN2O3S. The van der Waals surface area contributed by atoms with Crippen molar-refractivity contribution < 1.29 is 17.9 Å². The second-order valence-corrected chi connectivity index (χ2v) is 7.96. The summed E-state index contributed by atoms with van der Waals surface area (Å²) in [4.78, 5) is 0.206. The summed E-state index contributed by atoms with van der Waals surface area (Å²) in [5.74, 6) is -0.752. The van der Waals surface area contributed by atoms with E-state index in [2.05, 4.69) is 10.0 Å². The molecule has 0 fully saturated rings. The van der Waals surface area contributed by atoms with Crippen LogP contribution in [-0.4, -0.2) is 33.2 Å². The Kier molecular flexibility index (Phi) is 5.36. The van der Waals surface area contributed by atoms with Gasteiger partial charge in [-0.1, -0.05) is 18.2 Å². The highest BCUT2D eigenvalue weighted by molar-refractivity contribution is 7.89. The number of aliphatic hydroxyl groups is 1. The standard InChI is InChI=1S/C18H21FN2O3S/c19-17-4-2-1-3-14(17)9-13(12-22)11-21-25(23,24)16-5-6-18-15(10-16)7-8-20-18/h1-6,10,13,20-22H,7-9,11-12H2. The molecule has 134 valence electrons. The fraction of sp³-hybridized carbons (Fsp3) is 0.333. The van der Waals surface area contributed by atoms with Crippen molar-refractivity contribution in [1.29, 1.82) is 0 Å². The van der Waals surface area contributed by atoms with E-state index in [0.717, 1.165) is 24.2 Å². The summed E-state index contributed by atoms with van der Waals surface area (Å²) in [6, 6.07) is 11.3. The van der Waals surface area contributed by atoms with E-state index < -0.39 is 15.9 Å². The van der Waals surface area contributed by atoms with E-state index in [1.807, 2.05) is 0 Å². The molecule has 1 aliphatic heterocycles. The van der Waals surface area contributed by atoms with Crippen LogP contribution in [0.5, 0.6) is 0 Å². The predicted molar refractivity (Wildman–Crippen MR) is 94.5 cm³/mol. The largest absolute Gasteiger partial charge is 0.396 e. The minimum absolute atomic E-state index is 0.0441. The van der Waals surface area contributed by atoms with Crippen molar-refractivity contribution in [3.63, 3.8) is 0 Å². The summed E-state index contributed by atoms with van der Waals surface area (Å²) >= 11 is 0. The van der Waals surface area contributed by atoms with Gasteiger partial charge in [0.15, 0.2) is 0 Å². The van der Waals surface area contributed by atoms with Crippen LogP contribution in [-0.2, 0) is 22.9 Å². The molecule has 0 spiro atoms. The highest BCUT2D eigenvalue weighted by Gasteiger charge is 2.20. The molecule has 1 atom stereocenters. The molecule has 25 heavy (non-hydrogen) atoms. The van der Waals surface area contributed by atoms with Crippen molar-refractivity contribution in [2.75, 3.05) is 25.0 Å². The summed E-state index contributed by atoms with van der Waals surface area (Å²) in [5, 5.41) is 12.7. The molecule has 0 amide bonds. The zero-order valence-electron chi connectivity index (χ0n) is 13.7. The van der Waals surface area contributed by atoms with Gasteiger partial charge in [0, 0.05) is 25.4 Å². The smallest absolute Gasteiger partial charge is 0.240 e. The molecule has 3 rings (SSSR count). The Morgan fingerprint density at radius 3 is 2.80 bits per heavy atom. The number of sulfonamides is 1. The zero-order valence-corrected chi connectivity index (χ0v) is 14.5. The lowest BCUT2D eigenvalue weighted by molar-refractivity contribution is 0.226. The Hall–Kier alpha value is -1.96. The molecule has 1 aliphatic rings. The average Bonchev–Trinajstić information content (AvgIpc) is 3.08. The highest BCUT2D eigenvalue weighted by Crippen LogP contribution is 2.25. The Morgan fingerprint density at radius 2 is 2.04 bits per heavy atom. The number of anilines is 1. The zero-order chi connectivity index (χ0) is 17.9. The third-order valence-electron chi connectivity index (χ3n) is 4.38. The minimum Gasteiger partial charge on any atom is -0.396 e. The van der Waals surface area contributed by atoms with Gasteiger partial charge in [-0.05, 0) is 54.2 Å². The van der Waals surface area contributed by atoms with E-state index in [9.17, 15) is 17.9 Å². The number of nitrogens with one attached hydrogen (secondary N) is 2. The van der Waals surface area contributed by atoms with Crippen LogP contribution < -0.4 is 10.0 Å². The number of hydrogen-bond donors (Lipinski definition) is 3. The van der Waals surface area contributed by atoms with E-state index in [1.165, 1.54) is 6.07 Å². The number of halogens is 1. The van der Waals surface area contributed by atoms with Gasteiger partial charge in [-0.2, -0.15) is 0 Å². The van der Waals surface area contributed by atoms with Gasteiger partial charge in [-0.3, -0.25) is 0 Å². The second kappa shape index (κ2) is 7.51. The van der Waals surface area contributed by atoms with Crippen LogP contribution in [0.3, 0.4) is 0 Å². The van der Waals surface area contributed by atoms with Gasteiger partial charge in [0.25, 0.3) is 0 Å². The molecule has 5 nitrogen and oxygen atoms in total. The first-order valence-electron chi connectivity index (χ1n) is 8.20. The average molecular weight is 364 g/mol. The first kappa shape index (κ1) is 17.8. The third kappa shape index (κ3) is 4.18. The summed E-state index contributed by atoms with van der Waals surface area (Å²) in [7, 11) is -3.67.